The molecule has 0 unspecified atom stereocenters. The topological polar surface area (TPSA) is 81.4 Å². The summed E-state index contributed by atoms with van der Waals surface area (Å²) in [5.41, 5.74) is 5.78. The predicted molar refractivity (Wildman–Crippen MR) is 87.5 cm³/mol. The Bertz CT molecular complexity index is 616. The van der Waals surface area contributed by atoms with Gasteiger partial charge in [0.05, 0.1) is 22.6 Å². The molecule has 124 valence electrons. The van der Waals surface area contributed by atoms with Gasteiger partial charge in [0, 0.05) is 6.04 Å². The van der Waals surface area contributed by atoms with E-state index < -0.39 is 0 Å². The zero-order valence-electron chi connectivity index (χ0n) is 12.9. The Labute approximate surface area is 140 Å². The molecule has 1 aromatic carbocycles. The first-order chi connectivity index (χ1) is 11.0. The Morgan fingerprint density at radius 3 is 2.52 bits per heavy atom. The molecule has 2 atom stereocenters. The van der Waals surface area contributed by atoms with Gasteiger partial charge in [0.1, 0.15) is 5.75 Å². The monoisotopic (exact) mass is 336 g/mol. The van der Waals surface area contributed by atoms with Gasteiger partial charge in [-0.1, -0.05) is 18.0 Å². The third-order valence-corrected chi connectivity index (χ3v) is 5.05. The molecule has 1 aromatic rings. The molecular formula is C17H21ClN2O3. The van der Waals surface area contributed by atoms with Crippen molar-refractivity contribution in [2.24, 2.45) is 11.7 Å². The first kappa shape index (κ1) is 16.1. The van der Waals surface area contributed by atoms with Gasteiger partial charge in [-0.25, -0.2) is 0 Å². The van der Waals surface area contributed by atoms with Gasteiger partial charge < -0.3 is 15.8 Å². The zero-order valence-corrected chi connectivity index (χ0v) is 13.6. The van der Waals surface area contributed by atoms with Crippen LogP contribution >= 0.6 is 11.6 Å². The third kappa shape index (κ3) is 3.61. The van der Waals surface area contributed by atoms with Crippen LogP contribution in [0, 0.1) is 5.92 Å². The summed E-state index contributed by atoms with van der Waals surface area (Å²) in [6.45, 7) is 0. The molecule has 0 aromatic heterocycles. The van der Waals surface area contributed by atoms with Gasteiger partial charge in [-0.3, -0.25) is 9.59 Å². The average Bonchev–Trinajstić information content (AvgIpc) is 2.91. The van der Waals surface area contributed by atoms with E-state index in [1.54, 1.807) is 18.2 Å². The second kappa shape index (κ2) is 6.79. The highest BCUT2D eigenvalue weighted by atomic mass is 35.5. The molecule has 0 radical (unpaired) electrons. The summed E-state index contributed by atoms with van der Waals surface area (Å²) in [5, 5.41) is 3.24. The minimum Gasteiger partial charge on any atom is -0.490 e. The van der Waals surface area contributed by atoms with Crippen molar-refractivity contribution < 1.29 is 14.3 Å². The van der Waals surface area contributed by atoms with Crippen LogP contribution in [0.2, 0.25) is 5.02 Å². The normalized spacial score (nSPS) is 24.0. The Morgan fingerprint density at radius 2 is 1.91 bits per heavy atom. The van der Waals surface area contributed by atoms with Gasteiger partial charge in [-0.05, 0) is 50.3 Å². The number of amides is 2. The van der Waals surface area contributed by atoms with Gasteiger partial charge in [0.25, 0.3) is 5.91 Å². The number of benzene rings is 1. The number of halogens is 1. The van der Waals surface area contributed by atoms with Crippen LogP contribution in [0.15, 0.2) is 18.2 Å². The molecule has 2 fully saturated rings. The molecule has 3 rings (SSSR count). The summed E-state index contributed by atoms with van der Waals surface area (Å²) in [7, 11) is 0. The van der Waals surface area contributed by atoms with Crippen LogP contribution in [-0.2, 0) is 4.79 Å². The fourth-order valence-corrected chi connectivity index (χ4v) is 3.41. The summed E-state index contributed by atoms with van der Waals surface area (Å²) in [5.74, 6) is -0.238. The molecule has 0 saturated heterocycles. The molecule has 2 amide bonds. The van der Waals surface area contributed by atoms with Gasteiger partial charge >= 0.3 is 0 Å². The van der Waals surface area contributed by atoms with Gasteiger partial charge in [0.2, 0.25) is 5.91 Å². The van der Waals surface area contributed by atoms with Crippen molar-refractivity contribution in [3.63, 3.8) is 0 Å². The zero-order chi connectivity index (χ0) is 16.4. The molecule has 23 heavy (non-hydrogen) atoms. The number of ether oxygens (including phenoxy) is 1. The minimum absolute atomic E-state index is 0.207. The molecule has 2 aliphatic rings. The fourth-order valence-electron chi connectivity index (χ4n) is 3.15. The van der Waals surface area contributed by atoms with E-state index in [0.29, 0.717) is 16.3 Å². The number of hydrogen-bond donors (Lipinski definition) is 2. The smallest absolute Gasteiger partial charge is 0.253 e. The van der Waals surface area contributed by atoms with E-state index in [0.717, 1.165) is 32.1 Å². The second-order valence-electron chi connectivity index (χ2n) is 6.33. The highest BCUT2D eigenvalue weighted by Crippen LogP contribution is 2.29. The van der Waals surface area contributed by atoms with E-state index in [-0.39, 0.29) is 29.9 Å². The maximum atomic E-state index is 12.4. The Hall–Kier alpha value is -1.75. The SMILES string of the molecule is NC(=O)[C@@H]1CCC[C@@H]1NC(=O)c1ccc(OC2CCC2)cc1Cl. The maximum Gasteiger partial charge on any atom is 0.253 e. The Morgan fingerprint density at radius 1 is 1.17 bits per heavy atom. The van der Waals surface area contributed by atoms with Crippen LogP contribution in [0.25, 0.3) is 0 Å². The molecule has 0 bridgehead atoms. The first-order valence-corrected chi connectivity index (χ1v) is 8.49. The fraction of sp³-hybridized carbons (Fsp3) is 0.529. The molecule has 0 aliphatic heterocycles. The quantitative estimate of drug-likeness (QED) is 0.867. The van der Waals surface area contributed by atoms with E-state index in [1.807, 2.05) is 0 Å². The predicted octanol–water partition coefficient (Wildman–Crippen LogP) is 2.66. The van der Waals surface area contributed by atoms with Crippen LogP contribution in [-0.4, -0.2) is 24.0 Å². The molecule has 3 N–H and O–H groups in total. The van der Waals surface area contributed by atoms with Crippen molar-refractivity contribution in [1.82, 2.24) is 5.32 Å². The first-order valence-electron chi connectivity index (χ1n) is 8.11. The van der Waals surface area contributed by atoms with E-state index in [9.17, 15) is 9.59 Å². The van der Waals surface area contributed by atoms with Crippen LogP contribution in [0.4, 0.5) is 0 Å². The molecule has 2 aliphatic carbocycles. The highest BCUT2D eigenvalue weighted by molar-refractivity contribution is 6.34. The van der Waals surface area contributed by atoms with Gasteiger partial charge in [-0.2, -0.15) is 0 Å². The standard InChI is InChI=1S/C17H21ClN2O3/c18-14-9-11(23-10-3-1-4-10)7-8-12(14)17(22)20-15-6-2-5-13(15)16(19)21/h7-10,13,15H,1-6H2,(H2,19,21)(H,20,22)/t13-,15+/m1/s1. The van der Waals surface area contributed by atoms with E-state index in [1.165, 1.54) is 6.42 Å². The summed E-state index contributed by atoms with van der Waals surface area (Å²) < 4.78 is 5.77. The Kier molecular flexibility index (Phi) is 4.76. The lowest BCUT2D eigenvalue weighted by atomic mass is 9.96. The van der Waals surface area contributed by atoms with E-state index in [4.69, 9.17) is 22.1 Å². The Balaban J connectivity index is 1.65. The summed E-state index contributed by atoms with van der Waals surface area (Å²) >= 11 is 6.22. The van der Waals surface area contributed by atoms with Crippen molar-refractivity contribution in [2.45, 2.75) is 50.7 Å². The molecule has 5 nitrogen and oxygen atoms in total. The van der Waals surface area contributed by atoms with Crippen LogP contribution < -0.4 is 15.8 Å². The van der Waals surface area contributed by atoms with Crippen molar-refractivity contribution in [1.29, 1.82) is 0 Å². The number of rotatable bonds is 5. The average molecular weight is 337 g/mol. The summed E-state index contributed by atoms with van der Waals surface area (Å²) in [6, 6.07) is 4.90. The molecule has 0 heterocycles. The van der Waals surface area contributed by atoms with Crippen LogP contribution in [0.5, 0.6) is 5.75 Å². The third-order valence-electron chi connectivity index (χ3n) is 4.74. The molecule has 2 saturated carbocycles. The number of nitrogens with one attached hydrogen (secondary N) is 1. The number of primary amides is 1. The molecular weight excluding hydrogens is 316 g/mol. The lowest BCUT2D eigenvalue weighted by molar-refractivity contribution is -0.122. The largest absolute Gasteiger partial charge is 0.490 e. The van der Waals surface area contributed by atoms with E-state index in [2.05, 4.69) is 5.32 Å². The highest BCUT2D eigenvalue weighted by Gasteiger charge is 2.33. The molecule has 0 spiro atoms. The lowest BCUT2D eigenvalue weighted by Gasteiger charge is -2.26. The number of carbonyl (C=O) groups excluding carboxylic acids is 2. The molecule has 6 heteroatoms. The van der Waals surface area contributed by atoms with Crippen LogP contribution in [0.3, 0.4) is 0 Å². The van der Waals surface area contributed by atoms with Crippen molar-refractivity contribution >= 4 is 23.4 Å². The second-order valence-corrected chi connectivity index (χ2v) is 6.74. The number of hydrogen-bond acceptors (Lipinski definition) is 3. The van der Waals surface area contributed by atoms with Crippen molar-refractivity contribution in [3.05, 3.63) is 28.8 Å². The van der Waals surface area contributed by atoms with Gasteiger partial charge in [-0.15, -0.1) is 0 Å². The number of carbonyl (C=O) groups is 2. The van der Waals surface area contributed by atoms with E-state index >= 15 is 0 Å². The van der Waals surface area contributed by atoms with Crippen LogP contribution in [0.1, 0.15) is 48.9 Å². The maximum absolute atomic E-state index is 12.4. The van der Waals surface area contributed by atoms with Gasteiger partial charge in [0.15, 0.2) is 0 Å². The summed E-state index contributed by atoms with van der Waals surface area (Å²) in [6.07, 6.45) is 5.97. The lowest BCUT2D eigenvalue weighted by Crippen LogP contribution is -2.42. The van der Waals surface area contributed by atoms with Crippen molar-refractivity contribution in [2.75, 3.05) is 0 Å². The minimum atomic E-state index is -0.358. The number of nitrogens with two attached hydrogens (primary N) is 1. The van der Waals surface area contributed by atoms with Crippen molar-refractivity contribution in [3.8, 4) is 5.75 Å². The summed E-state index contributed by atoms with van der Waals surface area (Å²) in [4.78, 5) is 23.8.